The number of amidine groups is 1. The first-order chi connectivity index (χ1) is 8.47. The average Bonchev–Trinajstić information content (AvgIpc) is 2.82. The Morgan fingerprint density at radius 1 is 1.28 bits per heavy atom. The predicted octanol–water partition coefficient (Wildman–Crippen LogP) is 1.65. The molecular formula is C11H10F3N3O. The zero-order valence-corrected chi connectivity index (χ0v) is 9.21. The number of nitrogens with one attached hydrogen (secondary N) is 2. The molecule has 1 aromatic carbocycles. The lowest BCUT2D eigenvalue weighted by molar-refractivity contribution is -0.137. The summed E-state index contributed by atoms with van der Waals surface area (Å²) in [6.45, 7) is 1.12. The van der Waals surface area contributed by atoms with Crippen LogP contribution in [0.15, 0.2) is 29.3 Å². The lowest BCUT2D eigenvalue weighted by Crippen LogP contribution is -2.32. The number of nitrogens with zero attached hydrogens (tertiary/aromatic N) is 1. The molecule has 0 unspecified atom stereocenters. The van der Waals surface area contributed by atoms with Crippen molar-refractivity contribution in [2.75, 3.05) is 18.4 Å². The van der Waals surface area contributed by atoms with Crippen LogP contribution in [-0.2, 0) is 11.0 Å². The standard InChI is InChI=1S/C11H10F3N3O/c12-11(13,14)7-1-3-8(4-2-7)17-10(18)9-15-5-6-16-9/h1-4H,5-6H2,(H,15,16)(H,17,18). The van der Waals surface area contributed by atoms with E-state index in [2.05, 4.69) is 15.6 Å². The predicted molar refractivity (Wildman–Crippen MR) is 60.4 cm³/mol. The van der Waals surface area contributed by atoms with Crippen LogP contribution >= 0.6 is 0 Å². The summed E-state index contributed by atoms with van der Waals surface area (Å²) in [6, 6.07) is 4.24. The third-order valence-electron chi connectivity index (χ3n) is 2.36. The van der Waals surface area contributed by atoms with Crippen molar-refractivity contribution < 1.29 is 18.0 Å². The highest BCUT2D eigenvalue weighted by molar-refractivity contribution is 6.42. The highest BCUT2D eigenvalue weighted by Crippen LogP contribution is 2.29. The van der Waals surface area contributed by atoms with Gasteiger partial charge >= 0.3 is 6.18 Å². The van der Waals surface area contributed by atoms with Gasteiger partial charge in [-0.2, -0.15) is 13.2 Å². The smallest absolute Gasteiger partial charge is 0.364 e. The fourth-order valence-corrected chi connectivity index (χ4v) is 1.48. The monoisotopic (exact) mass is 257 g/mol. The van der Waals surface area contributed by atoms with Gasteiger partial charge in [0.25, 0.3) is 5.91 Å². The molecule has 0 aliphatic carbocycles. The van der Waals surface area contributed by atoms with E-state index in [9.17, 15) is 18.0 Å². The normalized spacial score (nSPS) is 14.9. The summed E-state index contributed by atoms with van der Waals surface area (Å²) in [5.74, 6) is -0.248. The molecule has 1 aromatic rings. The molecule has 0 fully saturated rings. The van der Waals surface area contributed by atoms with Crippen molar-refractivity contribution >= 4 is 17.4 Å². The van der Waals surface area contributed by atoms with Crippen LogP contribution in [-0.4, -0.2) is 24.8 Å². The van der Waals surface area contributed by atoms with E-state index < -0.39 is 17.6 Å². The fourth-order valence-electron chi connectivity index (χ4n) is 1.48. The molecule has 1 aliphatic rings. The number of amides is 1. The first-order valence-electron chi connectivity index (χ1n) is 5.24. The number of carbonyl (C=O) groups excluding carboxylic acids is 1. The molecule has 0 radical (unpaired) electrons. The number of halogens is 3. The topological polar surface area (TPSA) is 53.5 Å². The van der Waals surface area contributed by atoms with Gasteiger partial charge in [-0.3, -0.25) is 9.79 Å². The summed E-state index contributed by atoms with van der Waals surface area (Å²) in [7, 11) is 0. The Labute approximate surface area is 101 Å². The van der Waals surface area contributed by atoms with Crippen LogP contribution < -0.4 is 10.6 Å². The number of hydrogen-bond acceptors (Lipinski definition) is 3. The van der Waals surface area contributed by atoms with Crippen molar-refractivity contribution in [2.45, 2.75) is 6.18 Å². The quantitative estimate of drug-likeness (QED) is 0.846. The second-order valence-corrected chi connectivity index (χ2v) is 3.69. The van der Waals surface area contributed by atoms with E-state index in [-0.39, 0.29) is 5.84 Å². The minimum atomic E-state index is -4.38. The van der Waals surface area contributed by atoms with E-state index in [1.54, 1.807) is 0 Å². The summed E-state index contributed by atoms with van der Waals surface area (Å²) >= 11 is 0. The van der Waals surface area contributed by atoms with Gasteiger partial charge in [-0.15, -0.1) is 0 Å². The molecule has 96 valence electrons. The van der Waals surface area contributed by atoms with Crippen molar-refractivity contribution in [3.8, 4) is 0 Å². The maximum absolute atomic E-state index is 12.3. The molecule has 1 aliphatic heterocycles. The number of hydrogen-bond donors (Lipinski definition) is 2. The van der Waals surface area contributed by atoms with Gasteiger partial charge in [-0.05, 0) is 24.3 Å². The zero-order chi connectivity index (χ0) is 13.2. The molecule has 7 heteroatoms. The van der Waals surface area contributed by atoms with Crippen LogP contribution in [0.1, 0.15) is 5.56 Å². The number of anilines is 1. The van der Waals surface area contributed by atoms with Gasteiger partial charge in [0.2, 0.25) is 0 Å². The lowest BCUT2D eigenvalue weighted by atomic mass is 10.2. The third-order valence-corrected chi connectivity index (χ3v) is 2.36. The number of rotatable bonds is 2. The summed E-state index contributed by atoms with van der Waals surface area (Å²) in [5.41, 5.74) is -0.457. The summed E-state index contributed by atoms with van der Waals surface area (Å²) in [4.78, 5) is 15.5. The third kappa shape index (κ3) is 2.79. The maximum Gasteiger partial charge on any atom is 0.416 e. The fraction of sp³-hybridized carbons (Fsp3) is 0.273. The second-order valence-electron chi connectivity index (χ2n) is 3.69. The van der Waals surface area contributed by atoms with Gasteiger partial charge in [0.1, 0.15) is 0 Å². The largest absolute Gasteiger partial charge is 0.416 e. The Bertz CT molecular complexity index is 479. The highest BCUT2D eigenvalue weighted by Gasteiger charge is 2.30. The number of carbonyl (C=O) groups is 1. The molecular weight excluding hydrogens is 247 g/mol. The van der Waals surface area contributed by atoms with Crippen LogP contribution in [0.2, 0.25) is 0 Å². The number of alkyl halides is 3. The molecule has 1 amide bonds. The molecule has 2 rings (SSSR count). The molecule has 0 bridgehead atoms. The average molecular weight is 257 g/mol. The molecule has 0 spiro atoms. The van der Waals surface area contributed by atoms with Gasteiger partial charge in [0.15, 0.2) is 5.84 Å². The molecule has 18 heavy (non-hydrogen) atoms. The SMILES string of the molecule is O=C(Nc1ccc(C(F)(F)F)cc1)C1=NCCN1. The Kier molecular flexibility index (Phi) is 3.22. The van der Waals surface area contributed by atoms with Crippen molar-refractivity contribution in [3.05, 3.63) is 29.8 Å². The zero-order valence-electron chi connectivity index (χ0n) is 9.21. The van der Waals surface area contributed by atoms with E-state index in [0.29, 0.717) is 18.8 Å². The number of aliphatic imine (C=N–C) groups is 1. The van der Waals surface area contributed by atoms with E-state index in [4.69, 9.17) is 0 Å². The first kappa shape index (κ1) is 12.4. The highest BCUT2D eigenvalue weighted by atomic mass is 19.4. The molecule has 0 saturated carbocycles. The van der Waals surface area contributed by atoms with Crippen molar-refractivity contribution in [1.29, 1.82) is 0 Å². The van der Waals surface area contributed by atoms with E-state index in [1.807, 2.05) is 0 Å². The van der Waals surface area contributed by atoms with Crippen molar-refractivity contribution in [1.82, 2.24) is 5.32 Å². The Hall–Kier alpha value is -2.05. The Morgan fingerprint density at radius 3 is 2.44 bits per heavy atom. The van der Waals surface area contributed by atoms with Gasteiger partial charge in [0.05, 0.1) is 12.1 Å². The van der Waals surface area contributed by atoms with E-state index in [0.717, 1.165) is 12.1 Å². The van der Waals surface area contributed by atoms with Crippen LogP contribution in [0.25, 0.3) is 0 Å². The number of benzene rings is 1. The first-order valence-corrected chi connectivity index (χ1v) is 5.24. The summed E-state index contributed by atoms with van der Waals surface area (Å²) < 4.78 is 36.9. The molecule has 1 heterocycles. The Balaban J connectivity index is 2.04. The molecule has 0 aromatic heterocycles. The summed E-state index contributed by atoms with van der Waals surface area (Å²) in [5, 5.41) is 5.23. The minimum absolute atomic E-state index is 0.204. The molecule has 0 atom stereocenters. The summed E-state index contributed by atoms with van der Waals surface area (Å²) in [6.07, 6.45) is -4.38. The second kappa shape index (κ2) is 4.67. The van der Waals surface area contributed by atoms with Gasteiger partial charge in [0, 0.05) is 12.2 Å². The van der Waals surface area contributed by atoms with Crippen molar-refractivity contribution in [2.24, 2.45) is 4.99 Å². The van der Waals surface area contributed by atoms with Crippen LogP contribution in [0.4, 0.5) is 18.9 Å². The molecule has 4 nitrogen and oxygen atoms in total. The maximum atomic E-state index is 12.3. The van der Waals surface area contributed by atoms with Gasteiger partial charge in [-0.25, -0.2) is 0 Å². The van der Waals surface area contributed by atoms with Gasteiger partial charge in [-0.1, -0.05) is 0 Å². The van der Waals surface area contributed by atoms with E-state index >= 15 is 0 Å². The van der Waals surface area contributed by atoms with Crippen LogP contribution in [0.5, 0.6) is 0 Å². The van der Waals surface area contributed by atoms with E-state index in [1.165, 1.54) is 12.1 Å². The van der Waals surface area contributed by atoms with Crippen molar-refractivity contribution in [3.63, 3.8) is 0 Å². The minimum Gasteiger partial charge on any atom is -0.364 e. The lowest BCUT2D eigenvalue weighted by Gasteiger charge is -2.08. The van der Waals surface area contributed by atoms with Crippen LogP contribution in [0, 0.1) is 0 Å². The van der Waals surface area contributed by atoms with Gasteiger partial charge < -0.3 is 10.6 Å². The molecule has 0 saturated heterocycles. The molecule has 2 N–H and O–H groups in total. The van der Waals surface area contributed by atoms with Crippen LogP contribution in [0.3, 0.4) is 0 Å². The Morgan fingerprint density at radius 2 is 1.94 bits per heavy atom.